The summed E-state index contributed by atoms with van der Waals surface area (Å²) < 4.78 is 35.9. The van der Waals surface area contributed by atoms with Gasteiger partial charge in [0.25, 0.3) is 5.56 Å². The molecular formula is C31H30ClF2N5O4. The lowest BCUT2D eigenvalue weighted by molar-refractivity contribution is 0.0991. The zero-order valence-corrected chi connectivity index (χ0v) is 24.4. The first-order valence-corrected chi connectivity index (χ1v) is 13.4. The molecular weight excluding hydrogens is 580 g/mol. The molecule has 3 aromatic heterocycles. The van der Waals surface area contributed by atoms with E-state index in [0.29, 0.717) is 28.1 Å². The van der Waals surface area contributed by atoms with Crippen molar-refractivity contribution < 1.29 is 23.4 Å². The van der Waals surface area contributed by atoms with Crippen LogP contribution in [0.4, 0.5) is 14.6 Å². The molecule has 0 amide bonds. The van der Waals surface area contributed by atoms with Gasteiger partial charge in [0.2, 0.25) is 0 Å². The fourth-order valence-corrected chi connectivity index (χ4v) is 4.44. The fourth-order valence-electron chi connectivity index (χ4n) is 4.44. The number of carbonyl (C=O) groups is 1. The van der Waals surface area contributed by atoms with Crippen molar-refractivity contribution in [1.82, 2.24) is 19.7 Å². The van der Waals surface area contributed by atoms with E-state index < -0.39 is 23.0 Å². The maximum absolute atomic E-state index is 15.2. The topological polar surface area (TPSA) is 122 Å². The summed E-state index contributed by atoms with van der Waals surface area (Å²) >= 11 is 0. The van der Waals surface area contributed by atoms with Gasteiger partial charge in [-0.2, -0.15) is 5.10 Å². The van der Waals surface area contributed by atoms with Gasteiger partial charge in [-0.15, -0.1) is 12.4 Å². The number of fused-ring (bicyclic) bond motifs is 1. The van der Waals surface area contributed by atoms with Crippen molar-refractivity contribution in [1.29, 1.82) is 0 Å². The van der Waals surface area contributed by atoms with Crippen molar-refractivity contribution in [3.8, 4) is 17.2 Å². The van der Waals surface area contributed by atoms with Crippen LogP contribution in [0.2, 0.25) is 0 Å². The first-order chi connectivity index (χ1) is 20.1. The molecule has 0 radical (unpaired) electrons. The molecule has 1 atom stereocenters. The third-order valence-electron chi connectivity index (χ3n) is 6.77. The van der Waals surface area contributed by atoms with Gasteiger partial charge < -0.3 is 15.2 Å². The van der Waals surface area contributed by atoms with Crippen molar-refractivity contribution >= 4 is 35.0 Å². The Morgan fingerprint density at radius 3 is 2.49 bits per heavy atom. The zero-order chi connectivity index (χ0) is 30.0. The lowest BCUT2D eigenvalue weighted by Gasteiger charge is -2.14. The number of H-pyrrole nitrogens is 1. The van der Waals surface area contributed by atoms with E-state index in [0.717, 1.165) is 5.56 Å². The Hall–Kier alpha value is -4.61. The second-order valence-corrected chi connectivity index (χ2v) is 10.3. The van der Waals surface area contributed by atoms with E-state index in [1.807, 2.05) is 13.8 Å². The number of carbonyl (C=O) groups excluding carboxylic acids is 1. The molecule has 5 rings (SSSR count). The average Bonchev–Trinajstić information content (AvgIpc) is 3.38. The van der Waals surface area contributed by atoms with Crippen LogP contribution in [-0.4, -0.2) is 43.3 Å². The summed E-state index contributed by atoms with van der Waals surface area (Å²) in [4.78, 5) is 30.9. The van der Waals surface area contributed by atoms with E-state index >= 15 is 4.39 Å². The number of Topliss-reactive ketones (excluding diaryl/α,β-unsaturated/α-hetero) is 1. The molecule has 0 bridgehead atoms. The number of benzene rings is 2. The van der Waals surface area contributed by atoms with Crippen LogP contribution in [-0.2, 0) is 6.42 Å². The molecule has 0 saturated carbocycles. The van der Waals surface area contributed by atoms with E-state index in [-0.39, 0.29) is 54.5 Å². The van der Waals surface area contributed by atoms with Crippen LogP contribution in [0.5, 0.6) is 11.5 Å². The third-order valence-corrected chi connectivity index (χ3v) is 6.77. The number of hydrogen-bond donors (Lipinski definition) is 3. The van der Waals surface area contributed by atoms with Gasteiger partial charge in [0.05, 0.1) is 12.2 Å². The second kappa shape index (κ2) is 13.1. The van der Waals surface area contributed by atoms with Crippen LogP contribution in [0.15, 0.2) is 71.8 Å². The van der Waals surface area contributed by atoms with Gasteiger partial charge >= 0.3 is 0 Å². The number of aromatic amines is 1. The van der Waals surface area contributed by atoms with Crippen LogP contribution in [0.25, 0.3) is 16.7 Å². The standard InChI is InChI=1S/C31H29F2N5O4.ClH/c1-17(2)20-14-23(31(41)38(15-20)22-7-5-21(32)6-8-22)25(40)13-19-4-9-26(24(33)12-19)42-27-10-11-34-29-28(27)30(37-36-29)35-18(3)16-39;/h4-12,14-15,17-18,39H,13,16H2,1-3H3,(H2,34,35,36,37);1H/t18-;/m1./s1. The lowest BCUT2D eigenvalue weighted by Crippen LogP contribution is -2.26. The summed E-state index contributed by atoms with van der Waals surface area (Å²) in [5, 5.41) is 19.9. The second-order valence-electron chi connectivity index (χ2n) is 10.3. The highest BCUT2D eigenvalue weighted by molar-refractivity contribution is 5.97. The number of aliphatic hydroxyl groups is 1. The number of aliphatic hydroxyl groups excluding tert-OH is 1. The van der Waals surface area contributed by atoms with E-state index in [1.165, 1.54) is 47.2 Å². The maximum atomic E-state index is 15.2. The number of anilines is 1. The van der Waals surface area contributed by atoms with Crippen LogP contribution < -0.4 is 15.6 Å². The molecule has 224 valence electrons. The van der Waals surface area contributed by atoms with E-state index in [4.69, 9.17) is 4.74 Å². The minimum Gasteiger partial charge on any atom is -0.453 e. The van der Waals surface area contributed by atoms with Gasteiger partial charge in [-0.3, -0.25) is 19.3 Å². The molecule has 3 heterocycles. The number of nitrogens with one attached hydrogen (secondary N) is 2. The van der Waals surface area contributed by atoms with Crippen molar-refractivity contribution in [3.63, 3.8) is 0 Å². The molecule has 12 heteroatoms. The van der Waals surface area contributed by atoms with E-state index in [2.05, 4.69) is 20.5 Å². The molecule has 0 aliphatic heterocycles. The van der Waals surface area contributed by atoms with Crippen LogP contribution in [0.1, 0.15) is 48.2 Å². The Morgan fingerprint density at radius 1 is 1.07 bits per heavy atom. The van der Waals surface area contributed by atoms with Gasteiger partial charge in [0.1, 0.15) is 17.0 Å². The summed E-state index contributed by atoms with van der Waals surface area (Å²) in [7, 11) is 0. The summed E-state index contributed by atoms with van der Waals surface area (Å²) in [6, 6.07) is 12.4. The lowest BCUT2D eigenvalue weighted by atomic mass is 9.98. The summed E-state index contributed by atoms with van der Waals surface area (Å²) in [6.45, 7) is 5.52. The zero-order valence-electron chi connectivity index (χ0n) is 23.6. The van der Waals surface area contributed by atoms with Crippen LogP contribution in [0, 0.1) is 11.6 Å². The Labute approximate surface area is 252 Å². The number of hydrogen-bond acceptors (Lipinski definition) is 7. The smallest absolute Gasteiger partial charge is 0.265 e. The van der Waals surface area contributed by atoms with Gasteiger partial charge in [0.15, 0.2) is 28.8 Å². The minimum absolute atomic E-state index is 0. The number of nitrogens with zero attached hydrogens (tertiary/aromatic N) is 3. The molecule has 2 aromatic carbocycles. The average molecular weight is 610 g/mol. The van der Waals surface area contributed by atoms with Crippen molar-refractivity contribution in [3.05, 3.63) is 106 Å². The maximum Gasteiger partial charge on any atom is 0.265 e. The van der Waals surface area contributed by atoms with E-state index in [9.17, 15) is 19.1 Å². The van der Waals surface area contributed by atoms with Crippen molar-refractivity contribution in [2.45, 2.75) is 39.2 Å². The number of aromatic nitrogens is 4. The highest BCUT2D eigenvalue weighted by atomic mass is 35.5. The monoisotopic (exact) mass is 609 g/mol. The molecule has 0 unspecified atom stereocenters. The molecule has 43 heavy (non-hydrogen) atoms. The largest absolute Gasteiger partial charge is 0.453 e. The SMILES string of the molecule is CC(C)c1cc(C(=O)Cc2ccc(Oc3ccnc4[nH]nc(N[C@H](C)CO)c34)c(F)c2)c(=O)n(-c2ccc(F)cc2)c1.Cl. The Balaban J connectivity index is 0.00000423. The van der Waals surface area contributed by atoms with Gasteiger partial charge in [-0.25, -0.2) is 13.8 Å². The Bertz CT molecular complexity index is 1820. The van der Waals surface area contributed by atoms with E-state index in [1.54, 1.807) is 31.3 Å². The summed E-state index contributed by atoms with van der Waals surface area (Å²) in [6.07, 6.45) is 2.92. The fraction of sp³-hybridized carbons (Fsp3) is 0.226. The molecule has 0 aliphatic carbocycles. The molecule has 0 spiro atoms. The molecule has 9 nitrogen and oxygen atoms in total. The minimum atomic E-state index is -0.702. The van der Waals surface area contributed by atoms with Gasteiger partial charge in [-0.05, 0) is 66.4 Å². The Kier molecular flexibility index (Phi) is 9.57. The highest BCUT2D eigenvalue weighted by Crippen LogP contribution is 2.34. The molecule has 5 aromatic rings. The molecule has 3 N–H and O–H groups in total. The number of rotatable bonds is 10. The number of pyridine rings is 2. The van der Waals surface area contributed by atoms with Gasteiger partial charge in [-0.1, -0.05) is 19.9 Å². The summed E-state index contributed by atoms with van der Waals surface area (Å²) in [5.41, 5.74) is 1.37. The van der Waals surface area contributed by atoms with Crippen LogP contribution >= 0.6 is 12.4 Å². The van der Waals surface area contributed by atoms with Crippen LogP contribution in [0.3, 0.4) is 0 Å². The number of ketones is 1. The molecule has 0 fully saturated rings. The van der Waals surface area contributed by atoms with Crippen molar-refractivity contribution in [2.75, 3.05) is 11.9 Å². The predicted molar refractivity (Wildman–Crippen MR) is 162 cm³/mol. The first kappa shape index (κ1) is 31.3. The first-order valence-electron chi connectivity index (χ1n) is 13.4. The van der Waals surface area contributed by atoms with Gasteiger partial charge in [0, 0.05) is 36.6 Å². The predicted octanol–water partition coefficient (Wildman–Crippen LogP) is 5.94. The Morgan fingerprint density at radius 2 is 1.81 bits per heavy atom. The number of halogens is 3. The molecule has 0 saturated heterocycles. The third kappa shape index (κ3) is 6.73. The molecule has 0 aliphatic rings. The quantitative estimate of drug-likeness (QED) is 0.167. The summed E-state index contributed by atoms with van der Waals surface area (Å²) in [5.74, 6) is -1.01. The van der Waals surface area contributed by atoms with Crippen molar-refractivity contribution in [2.24, 2.45) is 0 Å². The number of ether oxygens (including phenoxy) is 1. The normalized spacial score (nSPS) is 11.8. The highest BCUT2D eigenvalue weighted by Gasteiger charge is 2.20.